The Hall–Kier alpha value is -1.34. The highest BCUT2D eigenvalue weighted by Crippen LogP contribution is 2.22. The molecule has 7 heteroatoms. The summed E-state index contributed by atoms with van der Waals surface area (Å²) in [5.74, 6) is -0.606. The van der Waals surface area contributed by atoms with Crippen LogP contribution < -0.4 is 5.32 Å². The largest absolute Gasteiger partial charge is 0.310 e. The van der Waals surface area contributed by atoms with Crippen LogP contribution in [-0.2, 0) is 13.1 Å². The van der Waals surface area contributed by atoms with Gasteiger partial charge in [0, 0.05) is 5.56 Å². The molecular formula is C12H13BrF2N4. The van der Waals surface area contributed by atoms with Crippen LogP contribution in [0.4, 0.5) is 8.78 Å². The maximum atomic E-state index is 13.8. The number of nitrogens with one attached hydrogen (secondary N) is 1. The summed E-state index contributed by atoms with van der Waals surface area (Å²) in [5, 5.41) is 7.23. The normalized spacial score (nSPS) is 10.9. The summed E-state index contributed by atoms with van der Waals surface area (Å²) in [6, 6.07) is 2.56. The van der Waals surface area contributed by atoms with Crippen LogP contribution in [0.2, 0.25) is 0 Å². The van der Waals surface area contributed by atoms with Gasteiger partial charge in [-0.1, -0.05) is 6.92 Å². The second-order valence-corrected chi connectivity index (χ2v) is 4.81. The lowest BCUT2D eigenvalue weighted by atomic mass is 10.2. The molecule has 1 aromatic heterocycles. The smallest absolute Gasteiger partial charge is 0.164 e. The van der Waals surface area contributed by atoms with E-state index in [1.54, 1.807) is 0 Å². The summed E-state index contributed by atoms with van der Waals surface area (Å²) in [6.07, 6.45) is 1.46. The second kappa shape index (κ2) is 6.21. The Labute approximate surface area is 118 Å². The molecule has 0 radical (unpaired) electrons. The molecule has 1 heterocycles. The molecule has 4 nitrogen and oxygen atoms in total. The number of hydrogen-bond donors (Lipinski definition) is 1. The van der Waals surface area contributed by atoms with Crippen molar-refractivity contribution in [3.8, 4) is 0 Å². The van der Waals surface area contributed by atoms with Gasteiger partial charge >= 0.3 is 0 Å². The number of nitrogens with zero attached hydrogens (tertiary/aromatic N) is 3. The van der Waals surface area contributed by atoms with Crippen molar-refractivity contribution in [2.24, 2.45) is 0 Å². The molecule has 0 aliphatic heterocycles. The van der Waals surface area contributed by atoms with Crippen LogP contribution in [0.1, 0.15) is 18.3 Å². The first-order valence-electron chi connectivity index (χ1n) is 5.83. The molecule has 102 valence electrons. The van der Waals surface area contributed by atoms with Crippen molar-refractivity contribution < 1.29 is 8.78 Å². The van der Waals surface area contributed by atoms with Gasteiger partial charge in [-0.25, -0.2) is 18.4 Å². The number of halogens is 3. The molecule has 0 saturated heterocycles. The summed E-state index contributed by atoms with van der Waals surface area (Å²) in [4.78, 5) is 4.06. The molecule has 1 aromatic carbocycles. The molecule has 2 rings (SSSR count). The fraction of sp³-hybridized carbons (Fsp3) is 0.333. The van der Waals surface area contributed by atoms with Gasteiger partial charge < -0.3 is 5.32 Å². The average molecular weight is 331 g/mol. The molecule has 2 aromatic rings. The predicted molar refractivity (Wildman–Crippen MR) is 70.6 cm³/mol. The quantitative estimate of drug-likeness (QED) is 0.856. The van der Waals surface area contributed by atoms with Crippen molar-refractivity contribution in [3.63, 3.8) is 0 Å². The molecule has 0 aliphatic carbocycles. The summed E-state index contributed by atoms with van der Waals surface area (Å²) in [7, 11) is 0. The Bertz CT molecular complexity index is 571. The second-order valence-electron chi connectivity index (χ2n) is 3.96. The van der Waals surface area contributed by atoms with E-state index in [0.717, 1.165) is 6.54 Å². The van der Waals surface area contributed by atoms with Gasteiger partial charge in [0.1, 0.15) is 18.0 Å². The van der Waals surface area contributed by atoms with Crippen LogP contribution >= 0.6 is 15.9 Å². The van der Waals surface area contributed by atoms with E-state index in [1.807, 2.05) is 6.92 Å². The molecule has 0 unspecified atom stereocenters. The standard InChI is InChI=1S/C12H13BrF2N4/c1-2-16-5-11-17-7-19(18-11)6-8-10(14)4-3-9(13)12(8)15/h3-4,7,16H,2,5-6H2,1H3. The third-order valence-corrected chi connectivity index (χ3v) is 3.19. The zero-order valence-corrected chi connectivity index (χ0v) is 11.9. The van der Waals surface area contributed by atoms with Gasteiger partial charge in [-0.3, -0.25) is 0 Å². The number of aromatic nitrogens is 3. The Kier molecular flexibility index (Phi) is 4.60. The van der Waals surface area contributed by atoms with Crippen LogP contribution in [0.5, 0.6) is 0 Å². The Morgan fingerprint density at radius 1 is 1.37 bits per heavy atom. The fourth-order valence-corrected chi connectivity index (χ4v) is 1.97. The van der Waals surface area contributed by atoms with E-state index in [0.29, 0.717) is 12.4 Å². The highest BCUT2D eigenvalue weighted by Gasteiger charge is 2.13. The minimum atomic E-state index is -0.608. The summed E-state index contributed by atoms with van der Waals surface area (Å²) < 4.78 is 29.0. The van der Waals surface area contributed by atoms with Crippen LogP contribution in [0.15, 0.2) is 22.9 Å². The van der Waals surface area contributed by atoms with Gasteiger partial charge in [0.2, 0.25) is 0 Å². The highest BCUT2D eigenvalue weighted by molar-refractivity contribution is 9.10. The van der Waals surface area contributed by atoms with Crippen molar-refractivity contribution in [2.45, 2.75) is 20.0 Å². The van der Waals surface area contributed by atoms with Gasteiger partial charge in [0.25, 0.3) is 0 Å². The topological polar surface area (TPSA) is 42.7 Å². The maximum absolute atomic E-state index is 13.8. The third-order valence-electron chi connectivity index (χ3n) is 2.58. The molecular weight excluding hydrogens is 318 g/mol. The lowest BCUT2D eigenvalue weighted by Gasteiger charge is -2.06. The summed E-state index contributed by atoms with van der Waals surface area (Å²) in [6.45, 7) is 3.33. The summed E-state index contributed by atoms with van der Waals surface area (Å²) in [5.41, 5.74) is -0.0331. The van der Waals surface area contributed by atoms with Gasteiger partial charge in [-0.15, -0.1) is 0 Å². The molecule has 0 atom stereocenters. The monoisotopic (exact) mass is 330 g/mol. The third kappa shape index (κ3) is 3.36. The molecule has 0 bridgehead atoms. The predicted octanol–water partition coefficient (Wildman–Crippen LogP) is 2.48. The van der Waals surface area contributed by atoms with Gasteiger partial charge in [0.15, 0.2) is 5.82 Å². The highest BCUT2D eigenvalue weighted by atomic mass is 79.9. The molecule has 0 saturated carbocycles. The fourth-order valence-electron chi connectivity index (χ4n) is 1.60. The average Bonchev–Trinajstić information content (AvgIpc) is 2.84. The zero-order valence-electron chi connectivity index (χ0n) is 10.3. The van der Waals surface area contributed by atoms with Crippen LogP contribution in [0, 0.1) is 11.6 Å². The maximum Gasteiger partial charge on any atom is 0.164 e. The minimum absolute atomic E-state index is 0.0102. The lowest BCUT2D eigenvalue weighted by Crippen LogP contribution is -2.13. The van der Waals surface area contributed by atoms with Crippen molar-refractivity contribution in [3.05, 3.63) is 46.0 Å². The van der Waals surface area contributed by atoms with E-state index >= 15 is 0 Å². The minimum Gasteiger partial charge on any atom is -0.310 e. The van der Waals surface area contributed by atoms with Crippen LogP contribution in [0.3, 0.4) is 0 Å². The van der Waals surface area contributed by atoms with Crippen molar-refractivity contribution in [1.82, 2.24) is 20.1 Å². The molecule has 0 fully saturated rings. The molecule has 0 amide bonds. The van der Waals surface area contributed by atoms with Gasteiger partial charge in [0.05, 0.1) is 17.6 Å². The van der Waals surface area contributed by atoms with E-state index in [2.05, 4.69) is 31.3 Å². The Balaban J connectivity index is 2.17. The number of benzene rings is 1. The Morgan fingerprint density at radius 2 is 2.16 bits per heavy atom. The van der Waals surface area contributed by atoms with E-state index in [1.165, 1.54) is 23.1 Å². The first-order chi connectivity index (χ1) is 9.11. The lowest BCUT2D eigenvalue weighted by molar-refractivity contribution is 0.527. The van der Waals surface area contributed by atoms with Gasteiger partial charge in [-0.2, -0.15) is 5.10 Å². The van der Waals surface area contributed by atoms with Crippen molar-refractivity contribution >= 4 is 15.9 Å². The van der Waals surface area contributed by atoms with Crippen LogP contribution in [0.25, 0.3) is 0 Å². The van der Waals surface area contributed by atoms with E-state index in [9.17, 15) is 8.78 Å². The molecule has 1 N–H and O–H groups in total. The zero-order chi connectivity index (χ0) is 13.8. The van der Waals surface area contributed by atoms with E-state index < -0.39 is 11.6 Å². The molecule has 19 heavy (non-hydrogen) atoms. The van der Waals surface area contributed by atoms with E-state index in [4.69, 9.17) is 0 Å². The van der Waals surface area contributed by atoms with Gasteiger partial charge in [-0.05, 0) is 34.6 Å². The van der Waals surface area contributed by atoms with Crippen molar-refractivity contribution in [2.75, 3.05) is 6.54 Å². The first kappa shape index (κ1) is 14.1. The number of rotatable bonds is 5. The van der Waals surface area contributed by atoms with E-state index in [-0.39, 0.29) is 16.6 Å². The van der Waals surface area contributed by atoms with Crippen molar-refractivity contribution in [1.29, 1.82) is 0 Å². The Morgan fingerprint density at radius 3 is 2.89 bits per heavy atom. The summed E-state index contributed by atoms with van der Waals surface area (Å²) >= 11 is 3.04. The molecule has 0 spiro atoms. The number of hydrogen-bond acceptors (Lipinski definition) is 3. The first-order valence-corrected chi connectivity index (χ1v) is 6.62. The van der Waals surface area contributed by atoms with Crippen LogP contribution in [-0.4, -0.2) is 21.3 Å². The molecule has 0 aliphatic rings. The SMILES string of the molecule is CCNCc1ncn(Cc2c(F)ccc(Br)c2F)n1.